The van der Waals surface area contributed by atoms with Gasteiger partial charge in [0.15, 0.2) is 0 Å². The molecule has 27 heavy (non-hydrogen) atoms. The van der Waals surface area contributed by atoms with Crippen molar-refractivity contribution in [1.29, 1.82) is 5.26 Å². The van der Waals surface area contributed by atoms with Gasteiger partial charge in [0.05, 0.1) is 11.0 Å². The molecule has 0 atom stereocenters. The van der Waals surface area contributed by atoms with Crippen molar-refractivity contribution in [2.45, 2.75) is 29.6 Å². The SMILES string of the molecule is N#CCCNS(=O)(=O)c1ccc(C(=O)NCC2(c3ccccc3)CC2)cc1. The number of sulfonamides is 1. The van der Waals surface area contributed by atoms with E-state index in [-0.39, 0.29) is 29.2 Å². The lowest BCUT2D eigenvalue weighted by Gasteiger charge is -2.16. The minimum Gasteiger partial charge on any atom is -0.351 e. The summed E-state index contributed by atoms with van der Waals surface area (Å²) in [4.78, 5) is 12.5. The van der Waals surface area contributed by atoms with Crippen molar-refractivity contribution < 1.29 is 13.2 Å². The Morgan fingerprint density at radius 2 is 1.74 bits per heavy atom. The molecule has 1 aliphatic carbocycles. The number of rotatable bonds is 8. The van der Waals surface area contributed by atoms with E-state index in [9.17, 15) is 13.2 Å². The van der Waals surface area contributed by atoms with Crippen molar-refractivity contribution in [2.24, 2.45) is 0 Å². The topological polar surface area (TPSA) is 99.1 Å². The Labute approximate surface area is 159 Å². The number of carbonyl (C=O) groups excluding carboxylic acids is 1. The average molecular weight is 383 g/mol. The van der Waals surface area contributed by atoms with E-state index in [1.807, 2.05) is 24.3 Å². The smallest absolute Gasteiger partial charge is 0.251 e. The molecule has 7 heteroatoms. The van der Waals surface area contributed by atoms with Crippen LogP contribution in [0, 0.1) is 11.3 Å². The van der Waals surface area contributed by atoms with E-state index in [1.165, 1.54) is 29.8 Å². The van der Waals surface area contributed by atoms with E-state index in [0.717, 1.165) is 12.8 Å². The van der Waals surface area contributed by atoms with E-state index >= 15 is 0 Å². The molecule has 0 heterocycles. The predicted molar refractivity (Wildman–Crippen MR) is 102 cm³/mol. The summed E-state index contributed by atoms with van der Waals surface area (Å²) in [5, 5.41) is 11.4. The van der Waals surface area contributed by atoms with Crippen molar-refractivity contribution >= 4 is 15.9 Å². The molecule has 1 fully saturated rings. The van der Waals surface area contributed by atoms with E-state index < -0.39 is 10.0 Å². The third-order valence-electron chi connectivity index (χ3n) is 4.78. The molecule has 0 radical (unpaired) electrons. The largest absolute Gasteiger partial charge is 0.351 e. The van der Waals surface area contributed by atoms with Gasteiger partial charge in [-0.25, -0.2) is 13.1 Å². The van der Waals surface area contributed by atoms with Crippen LogP contribution in [-0.2, 0) is 15.4 Å². The highest BCUT2D eigenvalue weighted by Crippen LogP contribution is 2.47. The Kier molecular flexibility index (Phi) is 5.59. The summed E-state index contributed by atoms with van der Waals surface area (Å²) >= 11 is 0. The first-order valence-corrected chi connectivity index (χ1v) is 10.3. The second kappa shape index (κ2) is 7.91. The van der Waals surface area contributed by atoms with E-state index in [1.54, 1.807) is 0 Å². The molecule has 6 nitrogen and oxygen atoms in total. The van der Waals surface area contributed by atoms with Gasteiger partial charge in [0.25, 0.3) is 5.91 Å². The molecule has 0 aliphatic heterocycles. The summed E-state index contributed by atoms with van der Waals surface area (Å²) in [6, 6.07) is 17.8. The first-order valence-electron chi connectivity index (χ1n) is 8.77. The number of nitriles is 1. The summed E-state index contributed by atoms with van der Waals surface area (Å²) < 4.78 is 26.5. The van der Waals surface area contributed by atoms with Crippen LogP contribution < -0.4 is 10.0 Å². The van der Waals surface area contributed by atoms with Crippen molar-refractivity contribution in [3.8, 4) is 6.07 Å². The molecule has 1 aliphatic rings. The Hall–Kier alpha value is -2.69. The maximum absolute atomic E-state index is 12.4. The van der Waals surface area contributed by atoms with Gasteiger partial charge < -0.3 is 5.32 Å². The highest BCUT2D eigenvalue weighted by atomic mass is 32.2. The molecule has 2 aromatic rings. The lowest BCUT2D eigenvalue weighted by molar-refractivity contribution is 0.0949. The van der Waals surface area contributed by atoms with Gasteiger partial charge in [-0.3, -0.25) is 4.79 Å². The zero-order valence-corrected chi connectivity index (χ0v) is 15.6. The van der Waals surface area contributed by atoms with Crippen LogP contribution in [0.4, 0.5) is 0 Å². The third-order valence-corrected chi connectivity index (χ3v) is 6.26. The Balaban J connectivity index is 1.61. The number of carbonyl (C=O) groups is 1. The van der Waals surface area contributed by atoms with Gasteiger partial charge in [0, 0.05) is 30.5 Å². The third kappa shape index (κ3) is 4.54. The lowest BCUT2D eigenvalue weighted by Crippen LogP contribution is -2.32. The van der Waals surface area contributed by atoms with Crippen LogP contribution in [-0.4, -0.2) is 27.4 Å². The molecular formula is C20H21N3O3S. The Bertz CT molecular complexity index is 944. The maximum atomic E-state index is 12.4. The predicted octanol–water partition coefficient (Wildman–Crippen LogP) is 2.34. The molecule has 0 unspecified atom stereocenters. The van der Waals surface area contributed by atoms with Crippen LogP contribution in [0.2, 0.25) is 0 Å². The van der Waals surface area contributed by atoms with Gasteiger partial charge in [-0.2, -0.15) is 5.26 Å². The normalized spacial score (nSPS) is 14.9. The monoisotopic (exact) mass is 383 g/mol. The van der Waals surface area contributed by atoms with Crippen LogP contribution in [0.3, 0.4) is 0 Å². The fourth-order valence-electron chi connectivity index (χ4n) is 2.97. The van der Waals surface area contributed by atoms with Crippen LogP contribution >= 0.6 is 0 Å². The van der Waals surface area contributed by atoms with Gasteiger partial charge in [-0.15, -0.1) is 0 Å². The summed E-state index contributed by atoms with van der Waals surface area (Å²) in [7, 11) is -3.67. The van der Waals surface area contributed by atoms with Crippen molar-refractivity contribution in [3.05, 3.63) is 65.7 Å². The van der Waals surface area contributed by atoms with Crippen molar-refractivity contribution in [1.82, 2.24) is 10.0 Å². The second-order valence-electron chi connectivity index (χ2n) is 6.66. The average Bonchev–Trinajstić information content (AvgIpc) is 3.48. The number of hydrogen-bond acceptors (Lipinski definition) is 4. The quantitative estimate of drug-likeness (QED) is 0.684. The summed E-state index contributed by atoms with van der Waals surface area (Å²) in [5.74, 6) is -0.224. The molecule has 2 N–H and O–H groups in total. The number of amides is 1. The van der Waals surface area contributed by atoms with E-state index in [0.29, 0.717) is 12.1 Å². The molecule has 0 bridgehead atoms. The van der Waals surface area contributed by atoms with E-state index in [2.05, 4.69) is 22.2 Å². The number of benzene rings is 2. The first-order chi connectivity index (χ1) is 13.0. The molecular weight excluding hydrogens is 362 g/mol. The first kappa shape index (κ1) is 19.1. The lowest BCUT2D eigenvalue weighted by atomic mass is 9.96. The zero-order valence-electron chi connectivity index (χ0n) is 14.8. The van der Waals surface area contributed by atoms with Crippen LogP contribution in [0.5, 0.6) is 0 Å². The Morgan fingerprint density at radius 3 is 2.33 bits per heavy atom. The van der Waals surface area contributed by atoms with Crippen LogP contribution in [0.1, 0.15) is 35.2 Å². The molecule has 0 spiro atoms. The summed E-state index contributed by atoms with van der Waals surface area (Å²) in [6.45, 7) is 0.619. The number of nitrogens with zero attached hydrogens (tertiary/aromatic N) is 1. The number of hydrogen-bond donors (Lipinski definition) is 2. The molecule has 3 rings (SSSR count). The standard InChI is InChI=1S/C20H21N3O3S/c21-13-4-14-23-27(25,26)18-9-7-16(8-10-18)19(24)22-15-20(11-12-20)17-5-2-1-3-6-17/h1-3,5-10,23H,4,11-12,14-15H2,(H,22,24). The fraction of sp³-hybridized carbons (Fsp3) is 0.300. The van der Waals surface area contributed by atoms with Crippen molar-refractivity contribution in [2.75, 3.05) is 13.1 Å². The highest BCUT2D eigenvalue weighted by molar-refractivity contribution is 7.89. The van der Waals surface area contributed by atoms with Gasteiger partial charge in [0.2, 0.25) is 10.0 Å². The fourth-order valence-corrected chi connectivity index (χ4v) is 4.00. The van der Waals surface area contributed by atoms with Gasteiger partial charge in [-0.1, -0.05) is 30.3 Å². The molecule has 1 saturated carbocycles. The van der Waals surface area contributed by atoms with Gasteiger partial charge in [0.1, 0.15) is 0 Å². The Morgan fingerprint density at radius 1 is 1.07 bits per heavy atom. The van der Waals surface area contributed by atoms with Crippen LogP contribution in [0.15, 0.2) is 59.5 Å². The van der Waals surface area contributed by atoms with Crippen molar-refractivity contribution in [3.63, 3.8) is 0 Å². The molecule has 140 valence electrons. The van der Waals surface area contributed by atoms with Gasteiger partial charge >= 0.3 is 0 Å². The van der Waals surface area contributed by atoms with Crippen LogP contribution in [0.25, 0.3) is 0 Å². The molecule has 2 aromatic carbocycles. The minimum atomic E-state index is -3.67. The second-order valence-corrected chi connectivity index (χ2v) is 8.43. The van der Waals surface area contributed by atoms with Gasteiger partial charge in [-0.05, 0) is 42.7 Å². The summed E-state index contributed by atoms with van der Waals surface area (Å²) in [6.07, 6.45) is 2.19. The maximum Gasteiger partial charge on any atom is 0.251 e. The highest BCUT2D eigenvalue weighted by Gasteiger charge is 2.44. The molecule has 0 saturated heterocycles. The number of nitrogens with one attached hydrogen (secondary N) is 2. The molecule has 1 amide bonds. The zero-order chi connectivity index (χ0) is 19.3. The summed E-state index contributed by atoms with van der Waals surface area (Å²) in [5.41, 5.74) is 1.66. The van der Waals surface area contributed by atoms with E-state index in [4.69, 9.17) is 5.26 Å². The minimum absolute atomic E-state index is 0.0187. The molecule has 0 aromatic heterocycles.